The molecule has 24 heavy (non-hydrogen) atoms. The van der Waals surface area contributed by atoms with Gasteiger partial charge in [0.15, 0.2) is 5.11 Å². The van der Waals surface area contributed by atoms with Gasteiger partial charge in [0.2, 0.25) is 0 Å². The van der Waals surface area contributed by atoms with E-state index in [9.17, 15) is 13.2 Å². The first-order chi connectivity index (χ1) is 11.3. The van der Waals surface area contributed by atoms with Gasteiger partial charge in [0.1, 0.15) is 0 Å². The molecular formula is C18H19F3N2S. The Kier molecular flexibility index (Phi) is 5.83. The Morgan fingerprint density at radius 2 is 1.79 bits per heavy atom. The zero-order valence-electron chi connectivity index (χ0n) is 13.4. The largest absolute Gasteiger partial charge is 0.416 e. The smallest absolute Gasteiger partial charge is 0.356 e. The van der Waals surface area contributed by atoms with Crippen LogP contribution < -0.4 is 10.6 Å². The van der Waals surface area contributed by atoms with Crippen LogP contribution >= 0.6 is 12.2 Å². The topological polar surface area (TPSA) is 24.1 Å². The molecule has 0 aliphatic carbocycles. The van der Waals surface area contributed by atoms with Crippen molar-refractivity contribution in [3.63, 3.8) is 0 Å². The molecule has 0 amide bonds. The lowest BCUT2D eigenvalue weighted by Crippen LogP contribution is -2.31. The molecule has 6 heteroatoms. The molecule has 0 fully saturated rings. The number of thiocarbonyl (C=S) groups is 1. The van der Waals surface area contributed by atoms with Crippen LogP contribution in [0.4, 0.5) is 18.9 Å². The Bertz CT molecular complexity index is 696. The number of nitrogens with one attached hydrogen (secondary N) is 2. The fraction of sp³-hybridized carbons (Fsp3) is 0.278. The lowest BCUT2D eigenvalue weighted by Gasteiger charge is -2.18. The molecule has 2 aromatic rings. The molecular weight excluding hydrogens is 333 g/mol. The van der Waals surface area contributed by atoms with Crippen molar-refractivity contribution in [2.45, 2.75) is 32.5 Å². The van der Waals surface area contributed by atoms with Gasteiger partial charge in [-0.3, -0.25) is 0 Å². The molecule has 0 bridgehead atoms. The van der Waals surface area contributed by atoms with Gasteiger partial charge in [-0.25, -0.2) is 0 Å². The summed E-state index contributed by atoms with van der Waals surface area (Å²) in [6.07, 6.45) is -3.40. The van der Waals surface area contributed by atoms with Crippen LogP contribution in [0.1, 0.15) is 36.6 Å². The highest BCUT2D eigenvalue weighted by Crippen LogP contribution is 2.30. The highest BCUT2D eigenvalue weighted by molar-refractivity contribution is 7.80. The van der Waals surface area contributed by atoms with Gasteiger partial charge in [-0.1, -0.05) is 37.3 Å². The molecule has 2 nitrogen and oxygen atoms in total. The predicted molar refractivity (Wildman–Crippen MR) is 95.0 cm³/mol. The van der Waals surface area contributed by atoms with E-state index in [1.54, 1.807) is 6.07 Å². The van der Waals surface area contributed by atoms with Gasteiger partial charge >= 0.3 is 6.18 Å². The summed E-state index contributed by atoms with van der Waals surface area (Å²) in [6, 6.07) is 13.0. The van der Waals surface area contributed by atoms with Gasteiger partial charge in [-0.15, -0.1) is 0 Å². The molecule has 0 saturated heterocycles. The van der Waals surface area contributed by atoms with E-state index >= 15 is 0 Å². The lowest BCUT2D eigenvalue weighted by molar-refractivity contribution is -0.137. The minimum atomic E-state index is -4.37. The molecule has 128 valence electrons. The second kappa shape index (κ2) is 7.66. The number of aryl methyl sites for hydroxylation is 1. The van der Waals surface area contributed by atoms with Crippen molar-refractivity contribution in [1.29, 1.82) is 0 Å². The Hall–Kier alpha value is -2.08. The van der Waals surface area contributed by atoms with E-state index in [4.69, 9.17) is 12.2 Å². The number of rotatable bonds is 4. The van der Waals surface area contributed by atoms with Gasteiger partial charge < -0.3 is 10.6 Å². The molecule has 1 atom stereocenters. The summed E-state index contributed by atoms with van der Waals surface area (Å²) in [6.45, 7) is 4.03. The minimum absolute atomic E-state index is 0.0540. The van der Waals surface area contributed by atoms with Crippen LogP contribution in [0.2, 0.25) is 0 Å². The number of hydrogen-bond donors (Lipinski definition) is 2. The maximum Gasteiger partial charge on any atom is 0.416 e. The van der Waals surface area contributed by atoms with Crippen LogP contribution in [0.15, 0.2) is 48.5 Å². The van der Waals surface area contributed by atoms with E-state index in [1.165, 1.54) is 11.6 Å². The predicted octanol–water partition coefficient (Wildman–Crippen LogP) is 5.32. The van der Waals surface area contributed by atoms with Crippen molar-refractivity contribution < 1.29 is 13.2 Å². The van der Waals surface area contributed by atoms with Crippen LogP contribution in [0, 0.1) is 0 Å². The SMILES string of the molecule is CCc1ccc(C(C)NC(=S)Nc2cccc(C(F)(F)F)c2)cc1. The highest BCUT2D eigenvalue weighted by Gasteiger charge is 2.30. The summed E-state index contributed by atoms with van der Waals surface area (Å²) in [4.78, 5) is 0. The van der Waals surface area contributed by atoms with Crippen molar-refractivity contribution in [2.75, 3.05) is 5.32 Å². The highest BCUT2D eigenvalue weighted by atomic mass is 32.1. The van der Waals surface area contributed by atoms with Crippen LogP contribution in [0.3, 0.4) is 0 Å². The first-order valence-corrected chi connectivity index (χ1v) is 8.04. The number of alkyl halides is 3. The Morgan fingerprint density at radius 3 is 2.38 bits per heavy atom. The number of benzene rings is 2. The molecule has 2 N–H and O–H groups in total. The minimum Gasteiger partial charge on any atom is -0.356 e. The zero-order valence-corrected chi connectivity index (χ0v) is 14.3. The molecule has 0 aliphatic heterocycles. The first-order valence-electron chi connectivity index (χ1n) is 7.63. The zero-order chi connectivity index (χ0) is 17.7. The molecule has 0 saturated carbocycles. The second-order valence-corrected chi connectivity index (χ2v) is 5.90. The lowest BCUT2D eigenvalue weighted by atomic mass is 10.1. The quantitative estimate of drug-likeness (QED) is 0.729. The van der Waals surface area contributed by atoms with Crippen molar-refractivity contribution in [2.24, 2.45) is 0 Å². The summed E-state index contributed by atoms with van der Waals surface area (Å²) in [5, 5.41) is 6.16. The maximum atomic E-state index is 12.7. The van der Waals surface area contributed by atoms with E-state index in [0.717, 1.165) is 24.1 Å². The van der Waals surface area contributed by atoms with Crippen LogP contribution in [-0.2, 0) is 12.6 Å². The van der Waals surface area contributed by atoms with E-state index < -0.39 is 11.7 Å². The number of hydrogen-bond acceptors (Lipinski definition) is 1. The monoisotopic (exact) mass is 352 g/mol. The van der Waals surface area contributed by atoms with E-state index in [1.807, 2.05) is 19.1 Å². The van der Waals surface area contributed by atoms with E-state index in [0.29, 0.717) is 5.69 Å². The van der Waals surface area contributed by atoms with Crippen LogP contribution in [0.5, 0.6) is 0 Å². The van der Waals surface area contributed by atoms with Gasteiger partial charge in [-0.2, -0.15) is 13.2 Å². The number of halogens is 3. The standard InChI is InChI=1S/C18H19F3N2S/c1-3-13-7-9-14(10-8-13)12(2)22-17(24)23-16-6-4-5-15(11-16)18(19,20)21/h4-12H,3H2,1-2H3,(H2,22,23,24). The fourth-order valence-electron chi connectivity index (χ4n) is 2.26. The third-order valence-corrected chi connectivity index (χ3v) is 3.90. The molecule has 0 radical (unpaired) electrons. The third-order valence-electron chi connectivity index (χ3n) is 3.68. The summed E-state index contributed by atoms with van der Waals surface area (Å²) in [5.41, 5.74) is 1.89. The molecule has 0 aliphatic rings. The molecule has 2 rings (SSSR count). The molecule has 1 unspecified atom stereocenters. The van der Waals surface area contributed by atoms with Crippen molar-refractivity contribution in [3.05, 3.63) is 65.2 Å². The van der Waals surface area contributed by atoms with Gasteiger partial charge in [-0.05, 0) is 54.9 Å². The van der Waals surface area contributed by atoms with E-state index in [-0.39, 0.29) is 11.2 Å². The molecule has 2 aromatic carbocycles. The maximum absolute atomic E-state index is 12.7. The molecule has 0 spiro atoms. The van der Waals surface area contributed by atoms with Crippen molar-refractivity contribution in [1.82, 2.24) is 5.32 Å². The van der Waals surface area contributed by atoms with Gasteiger partial charge in [0, 0.05) is 5.69 Å². The van der Waals surface area contributed by atoms with Crippen LogP contribution in [-0.4, -0.2) is 5.11 Å². The summed E-state index contributed by atoms with van der Waals surface area (Å²) in [7, 11) is 0. The average molecular weight is 352 g/mol. The van der Waals surface area contributed by atoms with Gasteiger partial charge in [0.25, 0.3) is 0 Å². The fourth-order valence-corrected chi connectivity index (χ4v) is 2.56. The molecule has 0 aromatic heterocycles. The van der Waals surface area contributed by atoms with Crippen LogP contribution in [0.25, 0.3) is 0 Å². The Labute approximate surface area is 145 Å². The van der Waals surface area contributed by atoms with Gasteiger partial charge in [0.05, 0.1) is 11.6 Å². The summed E-state index contributed by atoms with van der Waals surface area (Å²) < 4.78 is 38.2. The van der Waals surface area contributed by atoms with Crippen molar-refractivity contribution in [3.8, 4) is 0 Å². The van der Waals surface area contributed by atoms with Crippen molar-refractivity contribution >= 4 is 23.0 Å². The summed E-state index contributed by atoms with van der Waals surface area (Å²) >= 11 is 5.19. The average Bonchev–Trinajstić information content (AvgIpc) is 2.54. The summed E-state index contributed by atoms with van der Waals surface area (Å²) in [5.74, 6) is 0. The second-order valence-electron chi connectivity index (χ2n) is 5.49. The first kappa shape index (κ1) is 18.3. The normalized spacial score (nSPS) is 12.5. The Morgan fingerprint density at radius 1 is 1.12 bits per heavy atom. The number of anilines is 1. The Balaban J connectivity index is 1.99. The molecule has 0 heterocycles. The van der Waals surface area contributed by atoms with E-state index in [2.05, 4.69) is 29.7 Å². The third kappa shape index (κ3) is 4.96.